The predicted molar refractivity (Wildman–Crippen MR) is 100 cm³/mol. The molecule has 2 aromatic heterocycles. The molecule has 1 atom stereocenters. The minimum Gasteiger partial charge on any atom is -0.283 e. The topological polar surface area (TPSA) is 58.7 Å². The molecule has 3 aromatic rings. The van der Waals surface area contributed by atoms with Crippen LogP contribution in [0.5, 0.6) is 0 Å². The maximum atomic E-state index is 12.8. The molecular formula is C18H15N3OS2. The first-order valence-corrected chi connectivity index (χ1v) is 9.10. The van der Waals surface area contributed by atoms with Crippen LogP contribution in [0.4, 0.5) is 0 Å². The standard InChI is InChI=1S/C18H15N3OS2/c1-3-9-21-17(22)14-10-15(13-7-5-4-6-8-13)24-16(14)20-18(21)23-12(2)11-19/h3-8,10,12H,1,9H2,2H3/t12-/m0/s1. The fraction of sp³-hybridized carbons (Fsp3) is 0.167. The Labute approximate surface area is 148 Å². The molecule has 0 unspecified atom stereocenters. The van der Waals surface area contributed by atoms with Crippen LogP contribution in [-0.4, -0.2) is 14.8 Å². The number of hydrogen-bond acceptors (Lipinski definition) is 5. The van der Waals surface area contributed by atoms with Gasteiger partial charge in [0, 0.05) is 11.4 Å². The number of nitriles is 1. The van der Waals surface area contributed by atoms with E-state index in [0.29, 0.717) is 21.9 Å². The zero-order chi connectivity index (χ0) is 17.1. The third-order valence-electron chi connectivity index (χ3n) is 3.45. The molecule has 0 fully saturated rings. The summed E-state index contributed by atoms with van der Waals surface area (Å²) in [4.78, 5) is 19.2. The molecule has 0 amide bonds. The van der Waals surface area contributed by atoms with E-state index in [-0.39, 0.29) is 10.8 Å². The van der Waals surface area contributed by atoms with Crippen LogP contribution in [0.3, 0.4) is 0 Å². The molecule has 1 aromatic carbocycles. The van der Waals surface area contributed by atoms with Gasteiger partial charge in [-0.1, -0.05) is 48.2 Å². The van der Waals surface area contributed by atoms with Gasteiger partial charge in [-0.25, -0.2) is 4.98 Å². The Bertz CT molecular complexity index is 983. The van der Waals surface area contributed by atoms with E-state index in [2.05, 4.69) is 17.6 Å². The van der Waals surface area contributed by atoms with Crippen LogP contribution in [-0.2, 0) is 6.54 Å². The summed E-state index contributed by atoms with van der Waals surface area (Å²) in [5.41, 5.74) is 0.973. The Balaban J connectivity index is 2.19. The van der Waals surface area contributed by atoms with Crippen molar-refractivity contribution in [2.75, 3.05) is 0 Å². The van der Waals surface area contributed by atoms with Gasteiger partial charge in [-0.05, 0) is 18.6 Å². The van der Waals surface area contributed by atoms with E-state index in [0.717, 1.165) is 10.4 Å². The molecule has 0 spiro atoms. The smallest absolute Gasteiger partial charge is 0.263 e. The number of aromatic nitrogens is 2. The van der Waals surface area contributed by atoms with E-state index in [9.17, 15) is 4.79 Å². The molecule has 4 nitrogen and oxygen atoms in total. The SMILES string of the molecule is C=CCn1c(S[C@@H](C)C#N)nc2sc(-c3ccccc3)cc2c1=O. The lowest BCUT2D eigenvalue weighted by molar-refractivity contribution is 0.672. The highest BCUT2D eigenvalue weighted by Crippen LogP contribution is 2.32. The fourth-order valence-corrected chi connectivity index (χ4v) is 4.19. The van der Waals surface area contributed by atoms with Crippen molar-refractivity contribution in [2.24, 2.45) is 0 Å². The van der Waals surface area contributed by atoms with E-state index in [1.165, 1.54) is 23.1 Å². The van der Waals surface area contributed by atoms with Gasteiger partial charge < -0.3 is 0 Å². The van der Waals surface area contributed by atoms with Gasteiger partial charge in [0.2, 0.25) is 0 Å². The number of fused-ring (bicyclic) bond motifs is 1. The van der Waals surface area contributed by atoms with Crippen molar-refractivity contribution < 1.29 is 0 Å². The first-order chi connectivity index (χ1) is 11.6. The molecule has 0 bridgehead atoms. The van der Waals surface area contributed by atoms with Crippen molar-refractivity contribution in [3.8, 4) is 16.5 Å². The largest absolute Gasteiger partial charge is 0.283 e. The number of rotatable bonds is 5. The zero-order valence-electron chi connectivity index (χ0n) is 13.1. The van der Waals surface area contributed by atoms with Gasteiger partial charge in [0.05, 0.1) is 16.7 Å². The Kier molecular flexibility index (Phi) is 4.84. The molecule has 0 aliphatic heterocycles. The normalized spacial score (nSPS) is 12.0. The van der Waals surface area contributed by atoms with Gasteiger partial charge in [-0.15, -0.1) is 17.9 Å². The van der Waals surface area contributed by atoms with Gasteiger partial charge >= 0.3 is 0 Å². The molecule has 2 heterocycles. The highest BCUT2D eigenvalue weighted by molar-refractivity contribution is 8.00. The van der Waals surface area contributed by atoms with E-state index >= 15 is 0 Å². The number of thioether (sulfide) groups is 1. The summed E-state index contributed by atoms with van der Waals surface area (Å²) in [6, 6.07) is 14.0. The highest BCUT2D eigenvalue weighted by atomic mass is 32.2. The molecule has 6 heteroatoms. The summed E-state index contributed by atoms with van der Waals surface area (Å²) in [6.45, 7) is 5.88. The number of nitrogens with zero attached hydrogens (tertiary/aromatic N) is 3. The molecule has 24 heavy (non-hydrogen) atoms. The monoisotopic (exact) mass is 353 g/mol. The maximum Gasteiger partial charge on any atom is 0.263 e. The second-order valence-corrected chi connectivity index (χ2v) is 7.52. The maximum absolute atomic E-state index is 12.8. The van der Waals surface area contributed by atoms with Crippen LogP contribution in [0.15, 0.2) is 59.0 Å². The molecule has 0 saturated carbocycles. The van der Waals surface area contributed by atoms with Crippen molar-refractivity contribution in [2.45, 2.75) is 23.9 Å². The average molecular weight is 353 g/mol. The number of thiophene rings is 1. The first-order valence-electron chi connectivity index (χ1n) is 7.41. The van der Waals surface area contributed by atoms with Crippen LogP contribution < -0.4 is 5.56 Å². The molecule has 0 saturated heterocycles. The highest BCUT2D eigenvalue weighted by Gasteiger charge is 2.16. The number of hydrogen-bond donors (Lipinski definition) is 0. The van der Waals surface area contributed by atoms with Gasteiger partial charge in [-0.2, -0.15) is 5.26 Å². The summed E-state index contributed by atoms with van der Waals surface area (Å²) in [5, 5.41) is 9.93. The van der Waals surface area contributed by atoms with Crippen LogP contribution in [0, 0.1) is 11.3 Å². The number of allylic oxidation sites excluding steroid dienone is 1. The minimum absolute atomic E-state index is 0.0917. The Morgan fingerprint density at radius 1 is 1.46 bits per heavy atom. The molecule has 0 aliphatic rings. The average Bonchev–Trinajstić information content (AvgIpc) is 3.03. The molecule has 120 valence electrons. The second kappa shape index (κ2) is 7.04. The lowest BCUT2D eigenvalue weighted by Crippen LogP contribution is -2.22. The summed E-state index contributed by atoms with van der Waals surface area (Å²) in [7, 11) is 0. The molecular weight excluding hydrogens is 338 g/mol. The summed E-state index contributed by atoms with van der Waals surface area (Å²) in [5.74, 6) is 0. The Morgan fingerprint density at radius 3 is 2.88 bits per heavy atom. The lowest BCUT2D eigenvalue weighted by Gasteiger charge is -2.10. The third-order valence-corrected chi connectivity index (χ3v) is 5.51. The Hall–Kier alpha value is -2.36. The first kappa shape index (κ1) is 16.5. The number of benzene rings is 1. The Morgan fingerprint density at radius 2 is 2.21 bits per heavy atom. The van der Waals surface area contributed by atoms with Crippen LogP contribution >= 0.6 is 23.1 Å². The van der Waals surface area contributed by atoms with Crippen LogP contribution in [0.25, 0.3) is 20.7 Å². The van der Waals surface area contributed by atoms with E-state index < -0.39 is 0 Å². The van der Waals surface area contributed by atoms with Gasteiger partial charge in [-0.3, -0.25) is 9.36 Å². The lowest BCUT2D eigenvalue weighted by atomic mass is 10.2. The van der Waals surface area contributed by atoms with E-state index in [1.807, 2.05) is 36.4 Å². The summed E-state index contributed by atoms with van der Waals surface area (Å²) >= 11 is 2.79. The molecule has 0 N–H and O–H groups in total. The van der Waals surface area contributed by atoms with Gasteiger partial charge in [0.25, 0.3) is 5.56 Å². The van der Waals surface area contributed by atoms with Crippen LogP contribution in [0.2, 0.25) is 0 Å². The van der Waals surface area contributed by atoms with Crippen molar-refractivity contribution in [1.29, 1.82) is 5.26 Å². The van der Waals surface area contributed by atoms with Crippen molar-refractivity contribution in [1.82, 2.24) is 9.55 Å². The molecule has 0 radical (unpaired) electrons. The van der Waals surface area contributed by atoms with Crippen LogP contribution in [0.1, 0.15) is 6.92 Å². The second-order valence-electron chi connectivity index (χ2n) is 5.18. The minimum atomic E-state index is -0.279. The van der Waals surface area contributed by atoms with Crippen molar-refractivity contribution >= 4 is 33.3 Å². The molecule has 0 aliphatic carbocycles. The summed E-state index contributed by atoms with van der Waals surface area (Å²) in [6.07, 6.45) is 1.67. The van der Waals surface area contributed by atoms with Gasteiger partial charge in [0.1, 0.15) is 4.83 Å². The fourth-order valence-electron chi connectivity index (χ4n) is 2.31. The molecule has 3 rings (SSSR count). The van der Waals surface area contributed by atoms with E-state index in [4.69, 9.17) is 5.26 Å². The van der Waals surface area contributed by atoms with E-state index in [1.54, 1.807) is 17.6 Å². The quantitative estimate of drug-likeness (QED) is 0.389. The summed E-state index contributed by atoms with van der Waals surface area (Å²) < 4.78 is 1.58. The van der Waals surface area contributed by atoms with Gasteiger partial charge in [0.15, 0.2) is 5.16 Å². The predicted octanol–water partition coefficient (Wildman–Crippen LogP) is 4.32. The third kappa shape index (κ3) is 3.14. The van der Waals surface area contributed by atoms with Crippen molar-refractivity contribution in [3.05, 3.63) is 59.4 Å². The zero-order valence-corrected chi connectivity index (χ0v) is 14.7. The van der Waals surface area contributed by atoms with Crippen molar-refractivity contribution in [3.63, 3.8) is 0 Å².